The molecule has 4 nitrogen and oxygen atoms in total. The van der Waals surface area contributed by atoms with Gasteiger partial charge in [0.15, 0.2) is 0 Å². The second kappa shape index (κ2) is 4.91. The Balaban J connectivity index is 2.57. The molecule has 0 saturated heterocycles. The van der Waals surface area contributed by atoms with E-state index in [9.17, 15) is 4.39 Å². The summed E-state index contributed by atoms with van der Waals surface area (Å²) in [5.41, 5.74) is 6.99. The van der Waals surface area contributed by atoms with Crippen LogP contribution in [-0.2, 0) is 0 Å². The highest BCUT2D eigenvalue weighted by Gasteiger charge is 2.13. The van der Waals surface area contributed by atoms with Crippen LogP contribution in [0.4, 0.5) is 10.1 Å². The van der Waals surface area contributed by atoms with Gasteiger partial charge in [0.05, 0.1) is 26.1 Å². The first-order valence-corrected chi connectivity index (χ1v) is 5.29. The topological polar surface area (TPSA) is 57.4 Å². The van der Waals surface area contributed by atoms with Crippen LogP contribution in [0.15, 0.2) is 30.5 Å². The van der Waals surface area contributed by atoms with Crippen molar-refractivity contribution in [2.24, 2.45) is 0 Å². The lowest BCUT2D eigenvalue weighted by atomic mass is 10.1. The van der Waals surface area contributed by atoms with Crippen LogP contribution in [0.5, 0.6) is 11.6 Å². The number of halogens is 1. The van der Waals surface area contributed by atoms with Crippen molar-refractivity contribution in [2.45, 2.75) is 0 Å². The van der Waals surface area contributed by atoms with E-state index in [1.165, 1.54) is 26.5 Å². The number of methoxy groups -OCH3 is 2. The number of nitrogens with zero attached hydrogens (tertiary/aromatic N) is 1. The Hall–Kier alpha value is -2.30. The van der Waals surface area contributed by atoms with Crippen LogP contribution in [-0.4, -0.2) is 19.2 Å². The molecule has 0 bridgehead atoms. The van der Waals surface area contributed by atoms with Crippen LogP contribution in [0.2, 0.25) is 0 Å². The van der Waals surface area contributed by atoms with Crippen molar-refractivity contribution < 1.29 is 13.9 Å². The third-order valence-electron chi connectivity index (χ3n) is 2.53. The zero-order valence-corrected chi connectivity index (χ0v) is 10.1. The maximum atomic E-state index is 14.0. The largest absolute Gasteiger partial charge is 0.497 e. The van der Waals surface area contributed by atoms with Crippen LogP contribution in [0.25, 0.3) is 11.1 Å². The summed E-state index contributed by atoms with van der Waals surface area (Å²) in [5, 5.41) is 0. The van der Waals surface area contributed by atoms with Crippen LogP contribution in [0.1, 0.15) is 0 Å². The predicted molar refractivity (Wildman–Crippen MR) is 67.1 cm³/mol. The minimum absolute atomic E-state index is 0.327. The fourth-order valence-electron chi connectivity index (χ4n) is 1.67. The minimum atomic E-state index is -0.417. The molecule has 5 heteroatoms. The molecule has 0 amide bonds. The van der Waals surface area contributed by atoms with Gasteiger partial charge in [0, 0.05) is 17.2 Å². The zero-order valence-electron chi connectivity index (χ0n) is 10.1. The highest BCUT2D eigenvalue weighted by Crippen LogP contribution is 2.32. The van der Waals surface area contributed by atoms with Crippen LogP contribution in [0.3, 0.4) is 0 Å². The summed E-state index contributed by atoms with van der Waals surface area (Å²) in [4.78, 5) is 4.01. The molecule has 94 valence electrons. The number of hydrogen-bond acceptors (Lipinski definition) is 4. The molecule has 18 heavy (non-hydrogen) atoms. The minimum Gasteiger partial charge on any atom is -0.497 e. The second-order valence-electron chi connectivity index (χ2n) is 3.67. The van der Waals surface area contributed by atoms with E-state index in [-0.39, 0.29) is 0 Å². The molecule has 0 spiro atoms. The maximum Gasteiger partial charge on any atom is 0.221 e. The average Bonchev–Trinajstić information content (AvgIpc) is 2.38. The van der Waals surface area contributed by atoms with E-state index in [4.69, 9.17) is 15.2 Å². The van der Waals surface area contributed by atoms with Gasteiger partial charge in [0.1, 0.15) is 11.6 Å². The summed E-state index contributed by atoms with van der Waals surface area (Å²) in [5.74, 6) is 0.361. The fraction of sp³-hybridized carbons (Fsp3) is 0.154. The van der Waals surface area contributed by atoms with Crippen molar-refractivity contribution in [1.29, 1.82) is 0 Å². The number of anilines is 1. The summed E-state index contributed by atoms with van der Waals surface area (Å²) in [6.07, 6.45) is 1.46. The lowest BCUT2D eigenvalue weighted by molar-refractivity contribution is 0.399. The maximum absolute atomic E-state index is 14.0. The SMILES string of the molecule is COc1ccc(-c2cc(N)cnc2OC)c(F)c1. The van der Waals surface area contributed by atoms with E-state index in [0.717, 1.165) is 0 Å². The molecule has 1 aromatic carbocycles. The van der Waals surface area contributed by atoms with E-state index in [0.29, 0.717) is 28.4 Å². The average molecular weight is 248 g/mol. The van der Waals surface area contributed by atoms with E-state index in [1.54, 1.807) is 18.2 Å². The number of ether oxygens (including phenoxy) is 2. The Morgan fingerprint density at radius 3 is 2.50 bits per heavy atom. The first kappa shape index (κ1) is 12.2. The molecule has 0 saturated carbocycles. The van der Waals surface area contributed by atoms with Crippen molar-refractivity contribution in [2.75, 3.05) is 20.0 Å². The van der Waals surface area contributed by atoms with Gasteiger partial charge >= 0.3 is 0 Å². The normalized spacial score (nSPS) is 10.2. The van der Waals surface area contributed by atoms with Crippen molar-refractivity contribution in [3.8, 4) is 22.8 Å². The fourth-order valence-corrected chi connectivity index (χ4v) is 1.67. The molecule has 1 aromatic heterocycles. The summed E-state index contributed by atoms with van der Waals surface area (Å²) in [7, 11) is 2.96. The standard InChI is InChI=1S/C13H13FN2O2/c1-17-9-3-4-10(12(14)6-9)11-5-8(15)7-16-13(11)18-2/h3-7H,15H2,1-2H3. The van der Waals surface area contributed by atoms with Gasteiger partial charge in [-0.3, -0.25) is 0 Å². The van der Waals surface area contributed by atoms with Gasteiger partial charge in [-0.25, -0.2) is 9.37 Å². The molecular weight excluding hydrogens is 235 g/mol. The molecule has 0 aliphatic heterocycles. The first-order chi connectivity index (χ1) is 8.65. The second-order valence-corrected chi connectivity index (χ2v) is 3.67. The van der Waals surface area contributed by atoms with Crippen molar-refractivity contribution in [3.05, 3.63) is 36.3 Å². The molecule has 0 aliphatic rings. The number of aromatic nitrogens is 1. The van der Waals surface area contributed by atoms with Gasteiger partial charge in [0.2, 0.25) is 5.88 Å². The molecule has 0 unspecified atom stereocenters. The number of hydrogen-bond donors (Lipinski definition) is 1. The lowest BCUT2D eigenvalue weighted by Gasteiger charge is -2.10. The van der Waals surface area contributed by atoms with Crippen molar-refractivity contribution in [3.63, 3.8) is 0 Å². The summed E-state index contributed by atoms with van der Waals surface area (Å²) in [6, 6.07) is 6.20. The highest BCUT2D eigenvalue weighted by molar-refractivity contribution is 5.72. The summed E-state index contributed by atoms with van der Waals surface area (Å²) < 4.78 is 24.0. The molecule has 2 aromatic rings. The molecule has 2 rings (SSSR count). The predicted octanol–water partition coefficient (Wildman–Crippen LogP) is 2.49. The van der Waals surface area contributed by atoms with Gasteiger partial charge in [0.25, 0.3) is 0 Å². The van der Waals surface area contributed by atoms with Crippen LogP contribution < -0.4 is 15.2 Å². The molecule has 2 N–H and O–H groups in total. The first-order valence-electron chi connectivity index (χ1n) is 5.29. The quantitative estimate of drug-likeness (QED) is 0.906. The van der Waals surface area contributed by atoms with Gasteiger partial charge in [-0.15, -0.1) is 0 Å². The molecule has 1 heterocycles. The van der Waals surface area contributed by atoms with E-state index < -0.39 is 5.82 Å². The lowest BCUT2D eigenvalue weighted by Crippen LogP contribution is -1.96. The Kier molecular flexibility index (Phi) is 3.32. The van der Waals surface area contributed by atoms with Gasteiger partial charge < -0.3 is 15.2 Å². The van der Waals surface area contributed by atoms with Gasteiger partial charge in [-0.1, -0.05) is 0 Å². The third kappa shape index (κ3) is 2.20. The summed E-state index contributed by atoms with van der Waals surface area (Å²) >= 11 is 0. The van der Waals surface area contributed by atoms with Crippen LogP contribution >= 0.6 is 0 Å². The van der Waals surface area contributed by atoms with Crippen LogP contribution in [0, 0.1) is 5.82 Å². The highest BCUT2D eigenvalue weighted by atomic mass is 19.1. The Labute approximate surface area is 104 Å². The zero-order chi connectivity index (χ0) is 13.1. The number of nitrogen functional groups attached to an aromatic ring is 1. The third-order valence-corrected chi connectivity index (χ3v) is 2.53. The molecule has 0 aliphatic carbocycles. The van der Waals surface area contributed by atoms with Crippen molar-refractivity contribution >= 4 is 5.69 Å². The molecule has 0 radical (unpaired) electrons. The molecule has 0 atom stereocenters. The van der Waals surface area contributed by atoms with E-state index in [1.807, 2.05) is 0 Å². The van der Waals surface area contributed by atoms with E-state index in [2.05, 4.69) is 4.98 Å². The van der Waals surface area contributed by atoms with Gasteiger partial charge in [-0.05, 0) is 18.2 Å². The van der Waals surface area contributed by atoms with E-state index >= 15 is 0 Å². The number of nitrogens with two attached hydrogens (primary N) is 1. The van der Waals surface area contributed by atoms with Crippen molar-refractivity contribution in [1.82, 2.24) is 4.98 Å². The number of pyridine rings is 1. The smallest absolute Gasteiger partial charge is 0.221 e. The number of rotatable bonds is 3. The molecule has 0 fully saturated rings. The Morgan fingerprint density at radius 2 is 1.89 bits per heavy atom. The number of benzene rings is 1. The summed E-state index contributed by atoms with van der Waals surface area (Å²) in [6.45, 7) is 0. The Morgan fingerprint density at radius 1 is 1.11 bits per heavy atom. The monoisotopic (exact) mass is 248 g/mol. The molecular formula is C13H13FN2O2. The van der Waals surface area contributed by atoms with Gasteiger partial charge in [-0.2, -0.15) is 0 Å². The Bertz CT molecular complexity index is 573.